The van der Waals surface area contributed by atoms with Gasteiger partial charge in [-0.2, -0.15) is 0 Å². The highest BCUT2D eigenvalue weighted by Gasteiger charge is 2.00. The summed E-state index contributed by atoms with van der Waals surface area (Å²) in [5.74, 6) is 0.300. The zero-order chi connectivity index (χ0) is 14.7. The lowest BCUT2D eigenvalue weighted by atomic mass is 10.0. The van der Waals surface area contributed by atoms with Crippen molar-refractivity contribution in [1.82, 2.24) is 0 Å². The number of phenolic OH excluding ortho intramolecular Hbond substituents is 1. The van der Waals surface area contributed by atoms with E-state index in [9.17, 15) is 5.11 Å². The third kappa shape index (κ3) is 3.47. The van der Waals surface area contributed by atoms with Crippen LogP contribution in [0.15, 0.2) is 82.6 Å². The Balaban J connectivity index is 1.77. The van der Waals surface area contributed by atoms with Crippen LogP contribution in [0, 0.1) is 6.92 Å². The van der Waals surface area contributed by atoms with Crippen LogP contribution in [0.2, 0.25) is 0 Å². The van der Waals surface area contributed by atoms with E-state index >= 15 is 0 Å². The fourth-order valence-corrected chi connectivity index (χ4v) is 2.93. The summed E-state index contributed by atoms with van der Waals surface area (Å²) in [6.07, 6.45) is 0. The number of hydrogen-bond acceptors (Lipinski definition) is 2. The van der Waals surface area contributed by atoms with Crippen molar-refractivity contribution in [2.24, 2.45) is 0 Å². The summed E-state index contributed by atoms with van der Waals surface area (Å²) in [5.41, 5.74) is 3.74. The molecule has 0 aliphatic rings. The van der Waals surface area contributed by atoms with Gasteiger partial charge in [-0.1, -0.05) is 53.7 Å². The summed E-state index contributed by atoms with van der Waals surface area (Å²) >= 11 is 1.69. The van der Waals surface area contributed by atoms with Gasteiger partial charge < -0.3 is 5.11 Å². The van der Waals surface area contributed by atoms with Gasteiger partial charge >= 0.3 is 0 Å². The van der Waals surface area contributed by atoms with Gasteiger partial charge in [0.2, 0.25) is 0 Å². The van der Waals surface area contributed by atoms with Crippen molar-refractivity contribution < 1.29 is 5.11 Å². The summed E-state index contributed by atoms with van der Waals surface area (Å²) in [6.45, 7) is 2.10. The molecule has 0 unspecified atom stereocenters. The molecule has 2 heteroatoms. The molecule has 0 aliphatic carbocycles. The molecule has 1 nitrogen and oxygen atoms in total. The van der Waals surface area contributed by atoms with E-state index in [1.807, 2.05) is 12.1 Å². The highest BCUT2D eigenvalue weighted by molar-refractivity contribution is 7.99. The van der Waals surface area contributed by atoms with Gasteiger partial charge in [-0.3, -0.25) is 0 Å². The molecule has 0 atom stereocenters. The molecule has 0 saturated carbocycles. The molecule has 3 aromatic carbocycles. The van der Waals surface area contributed by atoms with E-state index in [2.05, 4.69) is 55.5 Å². The van der Waals surface area contributed by atoms with Crippen molar-refractivity contribution in [2.45, 2.75) is 16.7 Å². The van der Waals surface area contributed by atoms with Gasteiger partial charge in [0.15, 0.2) is 0 Å². The van der Waals surface area contributed by atoms with Gasteiger partial charge in [-0.15, -0.1) is 0 Å². The Morgan fingerprint density at radius 2 is 1.05 bits per heavy atom. The van der Waals surface area contributed by atoms with Crippen molar-refractivity contribution in [3.8, 4) is 16.9 Å². The van der Waals surface area contributed by atoms with Crippen molar-refractivity contribution in [3.63, 3.8) is 0 Å². The quantitative estimate of drug-likeness (QED) is 0.686. The average Bonchev–Trinajstić information content (AvgIpc) is 2.51. The van der Waals surface area contributed by atoms with Gasteiger partial charge in [0, 0.05) is 9.79 Å². The minimum atomic E-state index is 0.300. The zero-order valence-corrected chi connectivity index (χ0v) is 12.6. The molecule has 0 bridgehead atoms. The van der Waals surface area contributed by atoms with Crippen LogP contribution < -0.4 is 0 Å². The minimum absolute atomic E-state index is 0.300. The molecule has 104 valence electrons. The van der Waals surface area contributed by atoms with Crippen LogP contribution in [-0.4, -0.2) is 5.11 Å². The number of phenols is 1. The lowest BCUT2D eigenvalue weighted by Gasteiger charge is -2.05. The maximum Gasteiger partial charge on any atom is 0.115 e. The van der Waals surface area contributed by atoms with E-state index in [0.29, 0.717) is 5.75 Å². The van der Waals surface area contributed by atoms with Gasteiger partial charge in [0.1, 0.15) is 5.75 Å². The summed E-state index contributed by atoms with van der Waals surface area (Å²) in [7, 11) is 0. The lowest BCUT2D eigenvalue weighted by Crippen LogP contribution is -1.79. The van der Waals surface area contributed by atoms with Gasteiger partial charge in [-0.25, -0.2) is 0 Å². The van der Waals surface area contributed by atoms with E-state index in [1.54, 1.807) is 23.9 Å². The molecule has 3 rings (SSSR count). The SMILES string of the molecule is Cc1ccc(-c2ccc(Sc3ccc(O)cc3)cc2)cc1. The molecule has 0 aliphatic heterocycles. The minimum Gasteiger partial charge on any atom is -0.508 e. The van der Waals surface area contributed by atoms with Crippen LogP contribution in [0.4, 0.5) is 0 Å². The van der Waals surface area contributed by atoms with E-state index in [1.165, 1.54) is 21.6 Å². The summed E-state index contributed by atoms with van der Waals surface area (Å²) in [5, 5.41) is 9.30. The monoisotopic (exact) mass is 292 g/mol. The number of aromatic hydroxyl groups is 1. The fourth-order valence-electron chi connectivity index (χ4n) is 2.11. The number of rotatable bonds is 3. The predicted molar refractivity (Wildman–Crippen MR) is 88.8 cm³/mol. The second-order valence-corrected chi connectivity index (χ2v) is 6.13. The standard InChI is InChI=1S/C19H16OS/c1-14-2-4-15(5-3-14)16-6-10-18(11-7-16)21-19-12-8-17(20)9-13-19/h2-13,20H,1H3. The fraction of sp³-hybridized carbons (Fsp3) is 0.0526. The first-order valence-electron chi connectivity index (χ1n) is 6.85. The first-order valence-corrected chi connectivity index (χ1v) is 7.66. The highest BCUT2D eigenvalue weighted by atomic mass is 32.2. The maximum absolute atomic E-state index is 9.30. The Bertz CT molecular complexity index is 713. The van der Waals surface area contributed by atoms with Crippen molar-refractivity contribution in [1.29, 1.82) is 0 Å². The Hall–Kier alpha value is -2.19. The second kappa shape index (κ2) is 6.06. The predicted octanol–water partition coefficient (Wildman–Crippen LogP) is 5.52. The molecule has 3 aromatic rings. The summed E-state index contributed by atoms with van der Waals surface area (Å²) in [4.78, 5) is 2.31. The molecule has 0 spiro atoms. The second-order valence-electron chi connectivity index (χ2n) is 4.99. The summed E-state index contributed by atoms with van der Waals surface area (Å²) in [6, 6.07) is 24.4. The number of aryl methyl sites for hydroxylation is 1. The van der Waals surface area contributed by atoms with Crippen molar-refractivity contribution in [3.05, 3.63) is 78.4 Å². The normalized spacial score (nSPS) is 10.5. The van der Waals surface area contributed by atoms with Gasteiger partial charge in [0.25, 0.3) is 0 Å². The van der Waals surface area contributed by atoms with Crippen LogP contribution in [0.25, 0.3) is 11.1 Å². The third-order valence-electron chi connectivity index (χ3n) is 3.31. The first-order chi connectivity index (χ1) is 10.2. The van der Waals surface area contributed by atoms with Crippen molar-refractivity contribution >= 4 is 11.8 Å². The Kier molecular flexibility index (Phi) is 3.98. The Labute approximate surface area is 129 Å². The molecular weight excluding hydrogens is 276 g/mol. The lowest BCUT2D eigenvalue weighted by molar-refractivity contribution is 0.475. The molecular formula is C19H16OS. The molecule has 0 heterocycles. The largest absolute Gasteiger partial charge is 0.508 e. The smallest absolute Gasteiger partial charge is 0.115 e. The Morgan fingerprint density at radius 1 is 0.619 bits per heavy atom. The maximum atomic E-state index is 9.30. The zero-order valence-electron chi connectivity index (χ0n) is 11.8. The van der Waals surface area contributed by atoms with E-state index < -0.39 is 0 Å². The molecule has 21 heavy (non-hydrogen) atoms. The van der Waals surface area contributed by atoms with Crippen LogP contribution in [0.5, 0.6) is 5.75 Å². The molecule has 0 aromatic heterocycles. The average molecular weight is 292 g/mol. The Morgan fingerprint density at radius 3 is 1.57 bits per heavy atom. The molecule has 0 amide bonds. The third-order valence-corrected chi connectivity index (χ3v) is 4.33. The summed E-state index contributed by atoms with van der Waals surface area (Å²) < 4.78 is 0. The van der Waals surface area contributed by atoms with E-state index in [-0.39, 0.29) is 0 Å². The number of benzene rings is 3. The molecule has 1 N–H and O–H groups in total. The highest BCUT2D eigenvalue weighted by Crippen LogP contribution is 2.30. The topological polar surface area (TPSA) is 20.2 Å². The van der Waals surface area contributed by atoms with Crippen LogP contribution in [0.3, 0.4) is 0 Å². The molecule has 0 saturated heterocycles. The first kappa shape index (κ1) is 13.8. The van der Waals surface area contributed by atoms with Crippen molar-refractivity contribution in [2.75, 3.05) is 0 Å². The molecule has 0 fully saturated rings. The number of hydrogen-bond donors (Lipinski definition) is 1. The van der Waals surface area contributed by atoms with E-state index in [4.69, 9.17) is 0 Å². The van der Waals surface area contributed by atoms with Crippen LogP contribution in [-0.2, 0) is 0 Å². The molecule has 0 radical (unpaired) electrons. The van der Waals surface area contributed by atoms with Crippen LogP contribution in [0.1, 0.15) is 5.56 Å². The van der Waals surface area contributed by atoms with Crippen LogP contribution >= 0.6 is 11.8 Å². The van der Waals surface area contributed by atoms with Gasteiger partial charge in [0.05, 0.1) is 0 Å². The van der Waals surface area contributed by atoms with Gasteiger partial charge in [-0.05, 0) is 54.4 Å². The van der Waals surface area contributed by atoms with E-state index in [0.717, 1.165) is 4.90 Å².